The minimum absolute atomic E-state index is 0.0641. The zero-order valence-corrected chi connectivity index (χ0v) is 12.2. The minimum atomic E-state index is -0.0641. The second-order valence-corrected chi connectivity index (χ2v) is 4.68. The Morgan fingerprint density at radius 3 is 2.71 bits per heavy atom. The number of benzene rings is 1. The van der Waals surface area contributed by atoms with Crippen LogP contribution in [0.15, 0.2) is 42.6 Å². The molecule has 0 aliphatic rings. The number of rotatable bonds is 6. The number of nitrogens with one attached hydrogen (secondary N) is 2. The zero-order valence-electron chi connectivity index (χ0n) is 12.2. The molecular weight excluding hydrogens is 266 g/mol. The molecule has 0 bridgehead atoms. The fourth-order valence-corrected chi connectivity index (χ4v) is 1.86. The number of aromatic nitrogens is 1. The Hall–Kier alpha value is -2.40. The van der Waals surface area contributed by atoms with Gasteiger partial charge < -0.3 is 15.4 Å². The van der Waals surface area contributed by atoms with E-state index in [1.807, 2.05) is 37.3 Å². The van der Waals surface area contributed by atoms with Gasteiger partial charge in [-0.1, -0.05) is 24.3 Å². The summed E-state index contributed by atoms with van der Waals surface area (Å²) < 4.78 is 4.99. The number of aryl methyl sites for hydroxylation is 1. The normalized spacial score (nSPS) is 10.2. The Morgan fingerprint density at radius 1 is 1.24 bits per heavy atom. The second-order valence-electron chi connectivity index (χ2n) is 4.68. The molecule has 5 nitrogen and oxygen atoms in total. The lowest BCUT2D eigenvalue weighted by atomic mass is 10.2. The van der Waals surface area contributed by atoms with Gasteiger partial charge >= 0.3 is 0 Å². The van der Waals surface area contributed by atoms with Gasteiger partial charge in [-0.2, -0.15) is 0 Å². The maximum Gasteiger partial charge on any atom is 0.238 e. The van der Waals surface area contributed by atoms with Crippen molar-refractivity contribution in [3.05, 3.63) is 53.7 Å². The van der Waals surface area contributed by atoms with Gasteiger partial charge in [0.15, 0.2) is 0 Å². The van der Waals surface area contributed by atoms with E-state index in [-0.39, 0.29) is 12.5 Å². The number of para-hydroxylation sites is 1. The molecule has 2 rings (SSSR count). The monoisotopic (exact) mass is 285 g/mol. The summed E-state index contributed by atoms with van der Waals surface area (Å²) in [6, 6.07) is 11.4. The van der Waals surface area contributed by atoms with Gasteiger partial charge in [0.25, 0.3) is 0 Å². The predicted molar refractivity (Wildman–Crippen MR) is 82.3 cm³/mol. The topological polar surface area (TPSA) is 63.2 Å². The molecule has 1 aromatic heterocycles. The number of hydrogen-bond acceptors (Lipinski definition) is 4. The smallest absolute Gasteiger partial charge is 0.238 e. The number of carbonyl (C=O) groups is 1. The summed E-state index contributed by atoms with van der Waals surface area (Å²) in [4.78, 5) is 16.0. The van der Waals surface area contributed by atoms with E-state index < -0.39 is 0 Å². The maximum atomic E-state index is 11.8. The first-order valence-corrected chi connectivity index (χ1v) is 6.74. The van der Waals surface area contributed by atoms with E-state index >= 15 is 0 Å². The average molecular weight is 285 g/mol. The largest absolute Gasteiger partial charge is 0.481 e. The molecule has 0 aliphatic carbocycles. The lowest BCUT2D eigenvalue weighted by molar-refractivity contribution is -0.115. The van der Waals surface area contributed by atoms with E-state index in [1.54, 1.807) is 19.4 Å². The van der Waals surface area contributed by atoms with Gasteiger partial charge in [0.1, 0.15) is 0 Å². The van der Waals surface area contributed by atoms with E-state index in [4.69, 9.17) is 4.74 Å². The zero-order chi connectivity index (χ0) is 15.1. The minimum Gasteiger partial charge on any atom is -0.481 e. The van der Waals surface area contributed by atoms with Gasteiger partial charge in [-0.05, 0) is 24.1 Å². The summed E-state index contributed by atoms with van der Waals surface area (Å²) in [6.07, 6.45) is 1.73. The maximum absolute atomic E-state index is 11.8. The van der Waals surface area contributed by atoms with Gasteiger partial charge in [0, 0.05) is 24.5 Å². The Morgan fingerprint density at radius 2 is 2.05 bits per heavy atom. The lowest BCUT2D eigenvalue weighted by Gasteiger charge is -2.09. The van der Waals surface area contributed by atoms with E-state index in [9.17, 15) is 4.79 Å². The Bertz CT molecular complexity index is 597. The number of anilines is 1. The second kappa shape index (κ2) is 7.40. The Kier molecular flexibility index (Phi) is 5.29. The quantitative estimate of drug-likeness (QED) is 0.853. The molecule has 0 saturated carbocycles. The molecule has 2 N–H and O–H groups in total. The van der Waals surface area contributed by atoms with Gasteiger partial charge in [0.05, 0.1) is 13.7 Å². The number of pyridine rings is 1. The highest BCUT2D eigenvalue weighted by Gasteiger charge is 2.04. The summed E-state index contributed by atoms with van der Waals surface area (Å²) in [6.45, 7) is 2.80. The molecule has 0 spiro atoms. The average Bonchev–Trinajstić information content (AvgIpc) is 2.50. The van der Waals surface area contributed by atoms with Crippen molar-refractivity contribution in [1.29, 1.82) is 0 Å². The van der Waals surface area contributed by atoms with Crippen molar-refractivity contribution in [2.75, 3.05) is 19.0 Å². The molecule has 0 fully saturated rings. The molecule has 2 aromatic rings. The molecule has 0 aliphatic heterocycles. The van der Waals surface area contributed by atoms with Crippen LogP contribution in [0.3, 0.4) is 0 Å². The molecule has 5 heteroatoms. The summed E-state index contributed by atoms with van der Waals surface area (Å²) in [7, 11) is 1.58. The third-order valence-corrected chi connectivity index (χ3v) is 3.04. The van der Waals surface area contributed by atoms with Crippen LogP contribution in [-0.2, 0) is 11.3 Å². The highest BCUT2D eigenvalue weighted by Crippen LogP contribution is 2.12. The summed E-state index contributed by atoms with van der Waals surface area (Å²) in [5.74, 6) is 0.516. The van der Waals surface area contributed by atoms with Crippen molar-refractivity contribution < 1.29 is 9.53 Å². The van der Waals surface area contributed by atoms with Crippen LogP contribution < -0.4 is 15.4 Å². The number of hydrogen-bond donors (Lipinski definition) is 2. The van der Waals surface area contributed by atoms with Crippen LogP contribution in [0.2, 0.25) is 0 Å². The molecule has 21 heavy (non-hydrogen) atoms. The Balaban J connectivity index is 1.77. The van der Waals surface area contributed by atoms with Gasteiger partial charge in [0.2, 0.25) is 11.8 Å². The molecule has 110 valence electrons. The first-order valence-electron chi connectivity index (χ1n) is 6.74. The van der Waals surface area contributed by atoms with Crippen molar-refractivity contribution in [2.45, 2.75) is 13.5 Å². The number of methoxy groups -OCH3 is 1. The first-order chi connectivity index (χ1) is 10.2. The number of amides is 1. The first kappa shape index (κ1) is 15.0. The van der Waals surface area contributed by atoms with Crippen molar-refractivity contribution in [3.8, 4) is 5.88 Å². The lowest BCUT2D eigenvalue weighted by Crippen LogP contribution is -2.28. The van der Waals surface area contributed by atoms with Crippen LogP contribution >= 0.6 is 0 Å². The van der Waals surface area contributed by atoms with Crippen LogP contribution in [0.1, 0.15) is 11.1 Å². The SMILES string of the molecule is COc1ccc(CNCC(=O)Nc2ccccc2C)cn1. The molecule has 0 radical (unpaired) electrons. The fourth-order valence-electron chi connectivity index (χ4n) is 1.86. The van der Waals surface area contributed by atoms with Crippen molar-refractivity contribution in [2.24, 2.45) is 0 Å². The molecule has 0 atom stereocenters. The highest BCUT2D eigenvalue weighted by atomic mass is 16.5. The van der Waals surface area contributed by atoms with Crippen LogP contribution in [0.25, 0.3) is 0 Å². The van der Waals surface area contributed by atoms with Crippen molar-refractivity contribution >= 4 is 11.6 Å². The molecule has 1 heterocycles. The van der Waals surface area contributed by atoms with Crippen LogP contribution in [-0.4, -0.2) is 24.5 Å². The van der Waals surface area contributed by atoms with Gasteiger partial charge in [-0.15, -0.1) is 0 Å². The van der Waals surface area contributed by atoms with E-state index in [2.05, 4.69) is 15.6 Å². The molecule has 0 unspecified atom stereocenters. The fraction of sp³-hybridized carbons (Fsp3) is 0.250. The van der Waals surface area contributed by atoms with Crippen LogP contribution in [0, 0.1) is 6.92 Å². The number of nitrogens with zero attached hydrogens (tertiary/aromatic N) is 1. The third kappa shape index (κ3) is 4.57. The number of carbonyl (C=O) groups excluding carboxylic acids is 1. The van der Waals surface area contributed by atoms with Crippen LogP contribution in [0.5, 0.6) is 5.88 Å². The van der Waals surface area contributed by atoms with Gasteiger partial charge in [-0.3, -0.25) is 4.79 Å². The van der Waals surface area contributed by atoms with E-state index in [0.29, 0.717) is 12.4 Å². The number of ether oxygens (including phenoxy) is 1. The molecule has 1 amide bonds. The third-order valence-electron chi connectivity index (χ3n) is 3.04. The highest BCUT2D eigenvalue weighted by molar-refractivity contribution is 5.92. The summed E-state index contributed by atoms with van der Waals surface area (Å²) in [5, 5.41) is 5.96. The standard InChI is InChI=1S/C16H19N3O2/c1-12-5-3-4-6-14(12)19-15(20)11-17-9-13-7-8-16(21-2)18-10-13/h3-8,10,17H,9,11H2,1-2H3,(H,19,20). The molecule has 0 saturated heterocycles. The van der Waals surface area contributed by atoms with Gasteiger partial charge in [-0.25, -0.2) is 4.98 Å². The molecular formula is C16H19N3O2. The molecule has 1 aromatic carbocycles. The van der Waals surface area contributed by atoms with Crippen molar-refractivity contribution in [3.63, 3.8) is 0 Å². The van der Waals surface area contributed by atoms with E-state index in [1.165, 1.54) is 0 Å². The summed E-state index contributed by atoms with van der Waals surface area (Å²) >= 11 is 0. The summed E-state index contributed by atoms with van der Waals surface area (Å²) in [5.41, 5.74) is 2.89. The van der Waals surface area contributed by atoms with Crippen molar-refractivity contribution in [1.82, 2.24) is 10.3 Å². The predicted octanol–water partition coefficient (Wildman–Crippen LogP) is 2.13. The van der Waals surface area contributed by atoms with E-state index in [0.717, 1.165) is 16.8 Å². The van der Waals surface area contributed by atoms with Crippen LogP contribution in [0.4, 0.5) is 5.69 Å². The Labute approximate surface area is 124 Å².